The number of hydrogen-bond donors (Lipinski definition) is 3. The molecule has 0 spiro atoms. The molecule has 21 heavy (non-hydrogen) atoms. The number of aliphatic hydroxyl groups excluding tert-OH is 1. The number of aromatic nitrogens is 1. The third kappa shape index (κ3) is 3.24. The lowest BCUT2D eigenvalue weighted by Gasteiger charge is -2.03. The van der Waals surface area contributed by atoms with Crippen molar-refractivity contribution >= 4 is 17.5 Å². The topological polar surface area (TPSA) is 108 Å². The van der Waals surface area contributed by atoms with Crippen molar-refractivity contribution in [1.82, 2.24) is 4.98 Å². The second-order valence-corrected chi connectivity index (χ2v) is 4.12. The van der Waals surface area contributed by atoms with Gasteiger partial charge in [-0.25, -0.2) is 9.78 Å². The number of phenolic OH excluding ortho intramolecular Hbond substituents is 1. The summed E-state index contributed by atoms with van der Waals surface area (Å²) in [5, 5.41) is 28.2. The number of phenols is 1. The van der Waals surface area contributed by atoms with Gasteiger partial charge in [0.2, 0.25) is 5.78 Å². The van der Waals surface area contributed by atoms with Crippen molar-refractivity contribution in [1.29, 1.82) is 0 Å². The van der Waals surface area contributed by atoms with Gasteiger partial charge in [-0.1, -0.05) is 18.2 Å². The Morgan fingerprint density at radius 1 is 0.952 bits per heavy atom. The van der Waals surface area contributed by atoms with Crippen LogP contribution in [-0.2, 0) is 0 Å². The van der Waals surface area contributed by atoms with Gasteiger partial charge in [0.25, 0.3) is 0 Å². The summed E-state index contributed by atoms with van der Waals surface area (Å²) in [5.74, 6) is -2.52. The fourth-order valence-electron chi connectivity index (χ4n) is 1.66. The number of carbonyl (C=O) groups excluding carboxylic acids is 1. The van der Waals surface area contributed by atoms with Crippen LogP contribution in [0.25, 0.3) is 5.76 Å². The molecule has 0 saturated carbocycles. The van der Waals surface area contributed by atoms with Gasteiger partial charge in [-0.3, -0.25) is 4.79 Å². The van der Waals surface area contributed by atoms with Crippen LogP contribution in [0.2, 0.25) is 0 Å². The van der Waals surface area contributed by atoms with Crippen molar-refractivity contribution in [3.05, 3.63) is 65.5 Å². The van der Waals surface area contributed by atoms with Crippen molar-refractivity contribution in [3.63, 3.8) is 0 Å². The van der Waals surface area contributed by atoms with E-state index in [2.05, 4.69) is 4.98 Å². The van der Waals surface area contributed by atoms with Gasteiger partial charge in [0.05, 0.1) is 5.56 Å². The van der Waals surface area contributed by atoms with E-state index in [1.54, 1.807) is 12.1 Å². The summed E-state index contributed by atoms with van der Waals surface area (Å²) >= 11 is 0. The molecule has 6 nitrogen and oxygen atoms in total. The van der Waals surface area contributed by atoms with E-state index < -0.39 is 17.5 Å². The van der Waals surface area contributed by atoms with Crippen LogP contribution in [0.5, 0.6) is 5.75 Å². The zero-order valence-corrected chi connectivity index (χ0v) is 10.7. The fourth-order valence-corrected chi connectivity index (χ4v) is 1.66. The van der Waals surface area contributed by atoms with E-state index >= 15 is 0 Å². The molecule has 0 fully saturated rings. The zero-order chi connectivity index (χ0) is 15.4. The molecule has 0 bridgehead atoms. The van der Waals surface area contributed by atoms with Crippen LogP contribution in [0, 0.1) is 0 Å². The van der Waals surface area contributed by atoms with Gasteiger partial charge < -0.3 is 15.3 Å². The molecule has 106 valence electrons. The Hall–Kier alpha value is -3.15. The number of rotatable bonds is 4. The SMILES string of the molecule is O=C(O)c1cccc(C(=O)C=C(O)c2ccccc2O)n1. The van der Waals surface area contributed by atoms with Gasteiger partial charge in [0.15, 0.2) is 0 Å². The van der Waals surface area contributed by atoms with Crippen molar-refractivity contribution < 1.29 is 24.9 Å². The van der Waals surface area contributed by atoms with Gasteiger partial charge in [-0.05, 0) is 24.3 Å². The predicted octanol–water partition coefficient (Wildman–Crippen LogP) is 2.27. The van der Waals surface area contributed by atoms with E-state index in [0.29, 0.717) is 0 Å². The van der Waals surface area contributed by atoms with Crippen LogP contribution in [0.15, 0.2) is 48.5 Å². The molecule has 0 amide bonds. The van der Waals surface area contributed by atoms with Crippen LogP contribution in [0.4, 0.5) is 0 Å². The van der Waals surface area contributed by atoms with E-state index in [9.17, 15) is 19.8 Å². The molecule has 0 unspecified atom stereocenters. The summed E-state index contributed by atoms with van der Waals surface area (Å²) in [7, 11) is 0. The highest BCUT2D eigenvalue weighted by molar-refractivity contribution is 6.07. The van der Waals surface area contributed by atoms with Crippen LogP contribution < -0.4 is 0 Å². The highest BCUT2D eigenvalue weighted by Crippen LogP contribution is 2.22. The third-order valence-corrected chi connectivity index (χ3v) is 2.67. The van der Waals surface area contributed by atoms with E-state index in [1.165, 1.54) is 30.3 Å². The van der Waals surface area contributed by atoms with Crippen molar-refractivity contribution in [3.8, 4) is 5.75 Å². The largest absolute Gasteiger partial charge is 0.507 e. The summed E-state index contributed by atoms with van der Waals surface area (Å²) in [4.78, 5) is 26.4. The minimum absolute atomic E-state index is 0.0974. The standard InChI is InChI=1S/C15H11NO5/c17-12-7-2-1-4-9(12)13(18)8-14(19)10-5-3-6-11(16-10)15(20)21/h1-8,17-18H,(H,20,21). The van der Waals surface area contributed by atoms with Gasteiger partial charge >= 0.3 is 5.97 Å². The number of nitrogens with zero attached hydrogens (tertiary/aromatic N) is 1. The number of ketones is 1. The number of carbonyl (C=O) groups is 2. The molecule has 0 radical (unpaired) electrons. The smallest absolute Gasteiger partial charge is 0.354 e. The minimum atomic E-state index is -1.25. The predicted molar refractivity (Wildman–Crippen MR) is 74.2 cm³/mol. The first kappa shape index (κ1) is 14.3. The van der Waals surface area contributed by atoms with Crippen LogP contribution in [0.1, 0.15) is 26.5 Å². The molecule has 1 aromatic heterocycles. The third-order valence-electron chi connectivity index (χ3n) is 2.67. The maximum Gasteiger partial charge on any atom is 0.354 e. The number of para-hydroxylation sites is 1. The number of pyridine rings is 1. The van der Waals surface area contributed by atoms with Crippen molar-refractivity contribution in [2.24, 2.45) is 0 Å². The molecule has 0 saturated heterocycles. The number of carboxylic acid groups (broad SMARTS) is 1. The van der Waals surface area contributed by atoms with E-state index in [-0.39, 0.29) is 22.7 Å². The van der Waals surface area contributed by atoms with Crippen molar-refractivity contribution in [2.45, 2.75) is 0 Å². The molecular formula is C15H11NO5. The van der Waals surface area contributed by atoms with Gasteiger partial charge in [-0.15, -0.1) is 0 Å². The van der Waals surface area contributed by atoms with Gasteiger partial charge in [0.1, 0.15) is 22.9 Å². The van der Waals surface area contributed by atoms with E-state index in [4.69, 9.17) is 5.11 Å². The lowest BCUT2D eigenvalue weighted by Crippen LogP contribution is -2.06. The lowest BCUT2D eigenvalue weighted by molar-refractivity contribution is 0.0690. The van der Waals surface area contributed by atoms with Crippen LogP contribution in [0.3, 0.4) is 0 Å². The molecular weight excluding hydrogens is 274 g/mol. The number of benzene rings is 1. The average molecular weight is 285 g/mol. The molecule has 2 rings (SSSR count). The Labute approximate surface area is 119 Å². The molecule has 2 aromatic rings. The molecule has 1 aromatic carbocycles. The number of aromatic hydroxyl groups is 1. The number of aromatic carboxylic acids is 1. The lowest BCUT2D eigenvalue weighted by atomic mass is 10.1. The number of aliphatic hydroxyl groups is 1. The fraction of sp³-hybridized carbons (Fsp3) is 0. The molecule has 0 atom stereocenters. The summed E-state index contributed by atoms with van der Waals surface area (Å²) in [6, 6.07) is 9.95. The minimum Gasteiger partial charge on any atom is -0.507 e. The first-order valence-electron chi connectivity index (χ1n) is 5.92. The molecule has 3 N–H and O–H groups in total. The number of carboxylic acids is 1. The summed E-state index contributed by atoms with van der Waals surface area (Å²) < 4.78 is 0. The monoisotopic (exact) mass is 285 g/mol. The number of allylic oxidation sites excluding steroid dienone is 1. The van der Waals surface area contributed by atoms with E-state index in [0.717, 1.165) is 6.08 Å². The first-order valence-corrected chi connectivity index (χ1v) is 5.92. The zero-order valence-electron chi connectivity index (χ0n) is 10.7. The van der Waals surface area contributed by atoms with Gasteiger partial charge in [0, 0.05) is 6.08 Å². The molecule has 0 aliphatic carbocycles. The maximum absolute atomic E-state index is 11.9. The average Bonchev–Trinajstić information content (AvgIpc) is 2.47. The van der Waals surface area contributed by atoms with Crippen LogP contribution >= 0.6 is 0 Å². The number of hydrogen-bond acceptors (Lipinski definition) is 5. The van der Waals surface area contributed by atoms with Crippen LogP contribution in [-0.4, -0.2) is 32.1 Å². The summed E-state index contributed by atoms with van der Waals surface area (Å²) in [6.45, 7) is 0. The Morgan fingerprint density at radius 3 is 2.29 bits per heavy atom. The Morgan fingerprint density at radius 2 is 1.62 bits per heavy atom. The normalized spacial score (nSPS) is 11.1. The van der Waals surface area contributed by atoms with E-state index in [1.807, 2.05) is 0 Å². The van der Waals surface area contributed by atoms with Crippen molar-refractivity contribution in [2.75, 3.05) is 0 Å². The summed E-state index contributed by atoms with van der Waals surface area (Å²) in [6.07, 6.45) is 0.878. The Balaban J connectivity index is 2.33. The molecule has 0 aliphatic heterocycles. The quantitative estimate of drug-likeness (QED) is 0.452. The highest BCUT2D eigenvalue weighted by Gasteiger charge is 2.12. The molecule has 0 aliphatic rings. The van der Waals surface area contributed by atoms with Gasteiger partial charge in [-0.2, -0.15) is 0 Å². The highest BCUT2D eigenvalue weighted by atomic mass is 16.4. The Kier molecular flexibility index (Phi) is 3.99. The second kappa shape index (κ2) is 5.87. The Bertz CT molecular complexity index is 736. The maximum atomic E-state index is 11.9. The molecule has 1 heterocycles. The first-order chi connectivity index (χ1) is 9.99. The second-order valence-electron chi connectivity index (χ2n) is 4.12. The summed E-state index contributed by atoms with van der Waals surface area (Å²) in [5.41, 5.74) is -0.284. The molecule has 6 heteroatoms.